The monoisotopic (exact) mass is 581 g/mol. The molecule has 1 aromatic heterocycles. The predicted molar refractivity (Wildman–Crippen MR) is 159 cm³/mol. The van der Waals surface area contributed by atoms with Crippen molar-refractivity contribution >= 4 is 51.4 Å². The van der Waals surface area contributed by atoms with Crippen molar-refractivity contribution in [1.82, 2.24) is 9.88 Å². The van der Waals surface area contributed by atoms with Gasteiger partial charge < -0.3 is 30.5 Å². The number of hydrogen-bond donors (Lipinski definition) is 3. The third-order valence-corrected chi connectivity index (χ3v) is 7.04. The average Bonchev–Trinajstić information content (AvgIpc) is 3.34. The molecule has 0 saturated carbocycles. The number of benzene rings is 3. The number of hydrogen-bond acceptors (Lipinski definition) is 6. The lowest BCUT2D eigenvalue weighted by molar-refractivity contribution is -0.120. The number of carbonyl (C=O) groups excluding carboxylic acids is 1. The molecule has 1 aliphatic heterocycles. The highest BCUT2D eigenvalue weighted by Crippen LogP contribution is 2.38. The van der Waals surface area contributed by atoms with E-state index in [1.807, 2.05) is 47.4 Å². The maximum Gasteiger partial charge on any atom is 0.210 e. The Morgan fingerprint density at radius 2 is 1.93 bits per heavy atom. The third kappa shape index (κ3) is 7.13. The van der Waals surface area contributed by atoms with Gasteiger partial charge in [0.05, 0.1) is 25.2 Å². The summed E-state index contributed by atoms with van der Waals surface area (Å²) in [5, 5.41) is 9.13. The summed E-state index contributed by atoms with van der Waals surface area (Å²) < 4.78 is 22.7. The van der Waals surface area contributed by atoms with Crippen LogP contribution in [0.5, 0.6) is 11.5 Å². The number of nitrogens with zero attached hydrogens (tertiary/aromatic N) is 2. The van der Waals surface area contributed by atoms with Gasteiger partial charge in [-0.25, -0.2) is 4.39 Å². The molecule has 0 saturated heterocycles. The van der Waals surface area contributed by atoms with E-state index < -0.39 is 0 Å². The summed E-state index contributed by atoms with van der Waals surface area (Å²) in [4.78, 5) is 21.2. The number of H-pyrrole nitrogens is 1. The van der Waals surface area contributed by atoms with Gasteiger partial charge >= 0.3 is 0 Å². The first-order valence-corrected chi connectivity index (χ1v) is 13.7. The second-order valence-corrected chi connectivity index (χ2v) is 10.1. The van der Waals surface area contributed by atoms with Gasteiger partial charge in [-0.1, -0.05) is 23.7 Å². The number of aromatic nitrogens is 1. The Morgan fingerprint density at radius 3 is 2.60 bits per heavy atom. The van der Waals surface area contributed by atoms with Gasteiger partial charge in [-0.15, -0.1) is 0 Å². The van der Waals surface area contributed by atoms with Crippen LogP contribution < -0.4 is 15.2 Å². The highest BCUT2D eigenvalue weighted by molar-refractivity contribution is 8.24. The molecule has 4 N–H and O–H groups in total. The zero-order valence-electron chi connectivity index (χ0n) is 21.8. The van der Waals surface area contributed by atoms with Gasteiger partial charge in [0.25, 0.3) is 0 Å². The lowest BCUT2D eigenvalue weighted by atomic mass is 9.93. The van der Waals surface area contributed by atoms with Crippen LogP contribution in [0.1, 0.15) is 22.9 Å². The summed E-state index contributed by atoms with van der Waals surface area (Å²) in [5.41, 5.74) is 11.0. The zero-order valence-corrected chi connectivity index (χ0v) is 23.3. The number of nitrogens with two attached hydrogens (primary N) is 1. The molecule has 0 radical (unpaired) electrons. The second kappa shape index (κ2) is 13.9. The molecule has 11 heteroatoms. The molecule has 1 unspecified atom stereocenters. The van der Waals surface area contributed by atoms with Crippen LogP contribution in [0.4, 0.5) is 4.39 Å². The van der Waals surface area contributed by atoms with Crippen molar-refractivity contribution in [3.8, 4) is 11.5 Å². The number of methoxy groups -OCH3 is 1. The molecule has 0 spiro atoms. The van der Waals surface area contributed by atoms with Gasteiger partial charge in [-0.05, 0) is 83.9 Å². The standard InChI is InChI=1S/C22H22ClN5O2S.C7H7FO/c23-15-3-6-19-18(11-15)17-7-9-28(13-29)21(20(17)27-19)14-1-4-16(5-2-14)30-10-8-26-22(25)31-12-24;1-9-7-4-2-6(8)3-5-7/h1-6,11-13,21,24,27H,7-10H2,(H2,25,26);2-5H,1H3. The first-order chi connectivity index (χ1) is 19.4. The van der Waals surface area contributed by atoms with E-state index in [9.17, 15) is 9.18 Å². The fourth-order valence-electron chi connectivity index (χ4n) is 4.49. The first kappa shape index (κ1) is 29.0. The lowest BCUT2D eigenvalue weighted by Gasteiger charge is -2.33. The topological polar surface area (TPSA) is 117 Å². The first-order valence-electron chi connectivity index (χ1n) is 12.4. The smallest absolute Gasteiger partial charge is 0.210 e. The van der Waals surface area contributed by atoms with E-state index in [0.29, 0.717) is 41.4 Å². The predicted octanol–water partition coefficient (Wildman–Crippen LogP) is 5.79. The maximum absolute atomic E-state index is 12.2. The van der Waals surface area contributed by atoms with Crippen LogP contribution in [0, 0.1) is 11.2 Å². The van der Waals surface area contributed by atoms with Crippen molar-refractivity contribution in [2.75, 3.05) is 26.8 Å². The fraction of sp³-hybridized carbons (Fsp3) is 0.207. The Bertz CT molecular complexity index is 1480. The van der Waals surface area contributed by atoms with Crippen molar-refractivity contribution in [2.45, 2.75) is 12.5 Å². The second-order valence-electron chi connectivity index (χ2n) is 8.73. The van der Waals surface area contributed by atoms with Crippen molar-refractivity contribution < 1.29 is 18.7 Å². The average molecular weight is 582 g/mol. The van der Waals surface area contributed by atoms with Crippen molar-refractivity contribution in [1.29, 1.82) is 5.41 Å². The van der Waals surface area contributed by atoms with Gasteiger partial charge in [0.1, 0.15) is 23.9 Å². The molecule has 0 aliphatic carbocycles. The molecular weight excluding hydrogens is 553 g/mol. The van der Waals surface area contributed by atoms with E-state index in [4.69, 9.17) is 32.2 Å². The van der Waals surface area contributed by atoms with Gasteiger partial charge in [-0.2, -0.15) is 0 Å². The van der Waals surface area contributed by atoms with Crippen LogP contribution in [0.15, 0.2) is 71.7 Å². The fourth-order valence-corrected chi connectivity index (χ4v) is 4.94. The minimum absolute atomic E-state index is 0.191. The highest BCUT2D eigenvalue weighted by atomic mass is 35.5. The number of amides is 1. The number of ether oxygens (including phenoxy) is 2. The molecular formula is C29H29ClFN5O3S. The maximum atomic E-state index is 12.2. The summed E-state index contributed by atoms with van der Waals surface area (Å²) in [6.45, 7) is 1.44. The van der Waals surface area contributed by atoms with Crippen LogP contribution >= 0.6 is 23.4 Å². The van der Waals surface area contributed by atoms with Crippen LogP contribution in [-0.4, -0.2) is 53.8 Å². The summed E-state index contributed by atoms with van der Waals surface area (Å²) in [6.07, 6.45) is 1.69. The summed E-state index contributed by atoms with van der Waals surface area (Å²) in [5.74, 6) is 1.15. The van der Waals surface area contributed by atoms with Gasteiger partial charge in [0, 0.05) is 28.2 Å². The van der Waals surface area contributed by atoms with Crippen LogP contribution in [0.3, 0.4) is 0 Å². The quantitative estimate of drug-likeness (QED) is 0.105. The molecule has 208 valence electrons. The zero-order chi connectivity index (χ0) is 28.5. The van der Waals surface area contributed by atoms with Crippen LogP contribution in [0.25, 0.3) is 10.9 Å². The molecule has 3 aromatic carbocycles. The Morgan fingerprint density at radius 1 is 1.20 bits per heavy atom. The Hall–Kier alpha value is -4.02. The molecule has 5 rings (SSSR count). The summed E-state index contributed by atoms with van der Waals surface area (Å²) in [7, 11) is 1.55. The number of fused-ring (bicyclic) bond motifs is 3. The molecule has 8 nitrogen and oxygen atoms in total. The largest absolute Gasteiger partial charge is 0.497 e. The van der Waals surface area contributed by atoms with Gasteiger partial charge in [0.15, 0.2) is 5.17 Å². The Labute approximate surface area is 240 Å². The lowest BCUT2D eigenvalue weighted by Crippen LogP contribution is -2.34. The molecule has 2 heterocycles. The number of carbonyl (C=O) groups is 1. The van der Waals surface area contributed by atoms with Crippen molar-refractivity contribution in [3.63, 3.8) is 0 Å². The van der Waals surface area contributed by atoms with E-state index in [1.54, 1.807) is 19.2 Å². The Kier molecular flexibility index (Phi) is 10.0. The Balaban J connectivity index is 0.000000350. The molecule has 40 heavy (non-hydrogen) atoms. The minimum Gasteiger partial charge on any atom is -0.497 e. The van der Waals surface area contributed by atoms with E-state index in [-0.39, 0.29) is 11.9 Å². The minimum atomic E-state index is -0.240. The molecule has 0 bridgehead atoms. The summed E-state index contributed by atoms with van der Waals surface area (Å²) in [6, 6.07) is 19.3. The van der Waals surface area contributed by atoms with Gasteiger partial charge in [0.2, 0.25) is 6.41 Å². The molecule has 4 aromatic rings. The van der Waals surface area contributed by atoms with Crippen LogP contribution in [0.2, 0.25) is 5.02 Å². The molecule has 1 amide bonds. The van der Waals surface area contributed by atoms with E-state index in [2.05, 4.69) is 9.98 Å². The number of aliphatic imine (C=N–C) groups is 1. The molecule has 1 aliphatic rings. The van der Waals surface area contributed by atoms with Crippen molar-refractivity contribution in [2.24, 2.45) is 10.7 Å². The van der Waals surface area contributed by atoms with E-state index >= 15 is 0 Å². The number of nitrogens with one attached hydrogen (secondary N) is 2. The van der Waals surface area contributed by atoms with Gasteiger partial charge in [-0.3, -0.25) is 9.79 Å². The SMILES string of the molecule is COc1ccc(F)cc1.N=CSC(N)=NCCOc1ccc(C2c3[nH]c4ccc(Cl)cc4c3CCN2C=O)cc1. The highest BCUT2D eigenvalue weighted by Gasteiger charge is 2.31. The van der Waals surface area contributed by atoms with E-state index in [0.717, 1.165) is 52.3 Å². The number of amidine groups is 1. The van der Waals surface area contributed by atoms with Crippen molar-refractivity contribution in [3.05, 3.63) is 94.4 Å². The number of thioether (sulfide) groups is 1. The third-order valence-electron chi connectivity index (χ3n) is 6.31. The normalized spacial score (nSPS) is 14.6. The molecule has 1 atom stereocenters. The number of halogens is 2. The molecule has 0 fully saturated rings. The summed E-state index contributed by atoms with van der Waals surface area (Å²) >= 11 is 7.27. The van der Waals surface area contributed by atoms with E-state index in [1.165, 1.54) is 17.7 Å². The van der Waals surface area contributed by atoms with Crippen LogP contribution in [-0.2, 0) is 11.2 Å². The number of rotatable bonds is 8. The number of aromatic amines is 1.